The highest BCUT2D eigenvalue weighted by atomic mass is 32.2. The number of rotatable bonds is 4. The molecule has 0 atom stereocenters. The van der Waals surface area contributed by atoms with Gasteiger partial charge in [-0.05, 0) is 11.1 Å². The van der Waals surface area contributed by atoms with Gasteiger partial charge in [-0.1, -0.05) is 56.8 Å². The van der Waals surface area contributed by atoms with E-state index < -0.39 is 0 Å². The second-order valence-electron chi connectivity index (χ2n) is 5.69. The Morgan fingerprint density at radius 3 is 2.25 bits per heavy atom. The lowest BCUT2D eigenvalue weighted by atomic mass is 9.96. The summed E-state index contributed by atoms with van der Waals surface area (Å²) in [5.41, 5.74) is 1.95. The van der Waals surface area contributed by atoms with Crippen molar-refractivity contribution in [3.05, 3.63) is 41.2 Å². The fraction of sp³-hybridized carbons (Fsp3) is 0.429. The molecule has 0 amide bonds. The lowest BCUT2D eigenvalue weighted by Crippen LogP contribution is -2.24. The summed E-state index contributed by atoms with van der Waals surface area (Å²) in [6, 6.07) is 7.84. The Kier molecular flexibility index (Phi) is 4.35. The molecule has 2 rings (SSSR count). The summed E-state index contributed by atoms with van der Waals surface area (Å²) in [7, 11) is 0. The van der Waals surface area contributed by atoms with Gasteiger partial charge < -0.3 is 10.9 Å². The van der Waals surface area contributed by atoms with Gasteiger partial charge in [-0.25, -0.2) is 4.68 Å². The summed E-state index contributed by atoms with van der Waals surface area (Å²) in [6.45, 7) is 6.24. The molecule has 1 heterocycles. The number of benzene rings is 1. The fourth-order valence-corrected chi connectivity index (χ4v) is 2.59. The first kappa shape index (κ1) is 14.9. The number of hydrogen-bond acceptors (Lipinski definition) is 5. The summed E-state index contributed by atoms with van der Waals surface area (Å²) < 4.78 is 1.56. The second kappa shape index (κ2) is 5.85. The summed E-state index contributed by atoms with van der Waals surface area (Å²) >= 11 is 1.55. The maximum Gasteiger partial charge on any atom is 0.210 e. The van der Waals surface area contributed by atoms with Crippen LogP contribution in [0.4, 0.5) is 0 Å². The number of nitrogens with zero attached hydrogens (tertiary/aromatic N) is 3. The van der Waals surface area contributed by atoms with Crippen molar-refractivity contribution in [2.75, 3.05) is 5.84 Å². The van der Waals surface area contributed by atoms with Gasteiger partial charge in [-0.2, -0.15) is 0 Å². The second-order valence-corrected chi connectivity index (χ2v) is 6.63. The van der Waals surface area contributed by atoms with Crippen LogP contribution >= 0.6 is 11.8 Å². The van der Waals surface area contributed by atoms with Crippen molar-refractivity contribution in [1.29, 1.82) is 0 Å². The van der Waals surface area contributed by atoms with Crippen molar-refractivity contribution in [3.8, 4) is 0 Å². The maximum absolute atomic E-state index is 9.01. The van der Waals surface area contributed by atoms with Crippen LogP contribution in [0.5, 0.6) is 0 Å². The van der Waals surface area contributed by atoms with Crippen molar-refractivity contribution in [3.63, 3.8) is 0 Å². The van der Waals surface area contributed by atoms with Gasteiger partial charge in [0, 0.05) is 11.2 Å². The van der Waals surface area contributed by atoms with E-state index in [0.717, 1.165) is 22.7 Å². The molecule has 3 N–H and O–H groups in total. The van der Waals surface area contributed by atoms with E-state index >= 15 is 0 Å². The topological polar surface area (TPSA) is 77.0 Å². The molecule has 5 nitrogen and oxygen atoms in total. The van der Waals surface area contributed by atoms with Gasteiger partial charge in [0.05, 0.1) is 6.61 Å². The third-order valence-corrected chi connectivity index (χ3v) is 3.92. The van der Waals surface area contributed by atoms with Crippen molar-refractivity contribution >= 4 is 11.8 Å². The number of nitrogen functional groups attached to an aromatic ring is 1. The molecule has 0 aliphatic carbocycles. The molecular formula is C14H20N4OS. The zero-order valence-corrected chi connectivity index (χ0v) is 12.8. The largest absolute Gasteiger partial charge is 0.392 e. The molecule has 0 aliphatic heterocycles. The Balaban J connectivity index is 2.05. The summed E-state index contributed by atoms with van der Waals surface area (Å²) in [6.07, 6.45) is 0. The number of thioether (sulfide) groups is 1. The number of aliphatic hydroxyl groups is 1. The third-order valence-electron chi connectivity index (χ3n) is 2.91. The first-order valence-electron chi connectivity index (χ1n) is 6.44. The highest BCUT2D eigenvalue weighted by Gasteiger charge is 2.22. The van der Waals surface area contributed by atoms with Crippen molar-refractivity contribution in [2.45, 2.75) is 43.7 Å². The molecule has 1 aromatic carbocycles. The molecular weight excluding hydrogens is 272 g/mol. The van der Waals surface area contributed by atoms with Gasteiger partial charge in [-0.3, -0.25) is 0 Å². The molecule has 0 saturated carbocycles. The van der Waals surface area contributed by atoms with Gasteiger partial charge in [0.1, 0.15) is 0 Å². The van der Waals surface area contributed by atoms with E-state index in [9.17, 15) is 0 Å². The normalized spacial score (nSPS) is 11.8. The Labute approximate surface area is 123 Å². The van der Waals surface area contributed by atoms with E-state index in [-0.39, 0.29) is 12.0 Å². The van der Waals surface area contributed by atoms with Gasteiger partial charge in [0.2, 0.25) is 5.16 Å². The smallest absolute Gasteiger partial charge is 0.210 e. The summed E-state index contributed by atoms with van der Waals surface area (Å²) in [5.74, 6) is 7.58. The molecule has 20 heavy (non-hydrogen) atoms. The minimum absolute atomic E-state index is 0.0689. The van der Waals surface area contributed by atoms with Crippen LogP contribution in [-0.4, -0.2) is 20.0 Å². The Bertz CT molecular complexity index is 572. The molecule has 6 heteroatoms. The highest BCUT2D eigenvalue weighted by molar-refractivity contribution is 7.98. The van der Waals surface area contributed by atoms with Crippen LogP contribution in [0.15, 0.2) is 29.4 Å². The standard InChI is InChI=1S/C14H20N4OS/c1-14(2,3)12-16-17-13(18(12)15)20-9-11-6-4-10(8-19)5-7-11/h4-7,19H,8-9,15H2,1-3H3. The molecule has 1 aromatic heterocycles. The van der Waals surface area contributed by atoms with Crippen LogP contribution in [0.1, 0.15) is 37.7 Å². The first-order chi connectivity index (χ1) is 9.41. The molecule has 0 radical (unpaired) electrons. The first-order valence-corrected chi connectivity index (χ1v) is 7.43. The molecule has 0 bridgehead atoms. The van der Waals surface area contributed by atoms with Gasteiger partial charge in [-0.15, -0.1) is 10.2 Å². The molecule has 0 unspecified atom stereocenters. The quantitative estimate of drug-likeness (QED) is 0.666. The number of aliphatic hydroxyl groups excluding tert-OH is 1. The summed E-state index contributed by atoms with van der Waals surface area (Å²) in [5, 5.41) is 18.0. The molecule has 0 aliphatic rings. The predicted molar refractivity (Wildman–Crippen MR) is 80.8 cm³/mol. The van der Waals surface area contributed by atoms with Crippen LogP contribution in [0.2, 0.25) is 0 Å². The van der Waals surface area contributed by atoms with Crippen LogP contribution in [0, 0.1) is 0 Å². The molecule has 0 fully saturated rings. The lowest BCUT2D eigenvalue weighted by molar-refractivity contribution is 0.282. The van der Waals surface area contributed by atoms with Crippen LogP contribution < -0.4 is 5.84 Å². The monoisotopic (exact) mass is 292 g/mol. The third kappa shape index (κ3) is 3.32. The minimum atomic E-state index is -0.122. The van der Waals surface area contributed by atoms with Crippen molar-refractivity contribution in [2.24, 2.45) is 0 Å². The van der Waals surface area contributed by atoms with Crippen molar-refractivity contribution < 1.29 is 5.11 Å². The lowest BCUT2D eigenvalue weighted by Gasteiger charge is -2.16. The van der Waals surface area contributed by atoms with E-state index in [1.807, 2.05) is 24.3 Å². The summed E-state index contributed by atoms with van der Waals surface area (Å²) in [4.78, 5) is 0. The van der Waals surface area contributed by atoms with Gasteiger partial charge in [0.15, 0.2) is 5.82 Å². The fourth-order valence-electron chi connectivity index (χ4n) is 1.78. The van der Waals surface area contributed by atoms with E-state index in [4.69, 9.17) is 10.9 Å². The van der Waals surface area contributed by atoms with Crippen LogP contribution in [0.3, 0.4) is 0 Å². The van der Waals surface area contributed by atoms with Gasteiger partial charge in [0.25, 0.3) is 0 Å². The van der Waals surface area contributed by atoms with E-state index in [0.29, 0.717) is 5.16 Å². The average molecular weight is 292 g/mol. The molecule has 0 spiro atoms. The zero-order chi connectivity index (χ0) is 14.8. The van der Waals surface area contributed by atoms with E-state index in [2.05, 4.69) is 31.0 Å². The molecule has 0 saturated heterocycles. The Morgan fingerprint density at radius 2 is 1.75 bits per heavy atom. The SMILES string of the molecule is CC(C)(C)c1nnc(SCc2ccc(CO)cc2)n1N. The maximum atomic E-state index is 9.01. The zero-order valence-electron chi connectivity index (χ0n) is 12.0. The van der Waals surface area contributed by atoms with Crippen LogP contribution in [0.25, 0.3) is 0 Å². The Morgan fingerprint density at radius 1 is 1.15 bits per heavy atom. The highest BCUT2D eigenvalue weighted by Crippen LogP contribution is 2.25. The molecule has 2 aromatic rings. The van der Waals surface area contributed by atoms with Gasteiger partial charge >= 0.3 is 0 Å². The number of nitrogens with two attached hydrogens (primary N) is 1. The van der Waals surface area contributed by atoms with Crippen molar-refractivity contribution in [1.82, 2.24) is 14.9 Å². The van der Waals surface area contributed by atoms with Crippen LogP contribution in [-0.2, 0) is 17.8 Å². The Hall–Kier alpha value is -1.53. The molecule has 108 valence electrons. The minimum Gasteiger partial charge on any atom is -0.392 e. The predicted octanol–water partition coefficient (Wildman–Crippen LogP) is 2.07. The number of hydrogen-bond donors (Lipinski definition) is 2. The van der Waals surface area contributed by atoms with E-state index in [1.165, 1.54) is 0 Å². The number of aromatic nitrogens is 3. The van der Waals surface area contributed by atoms with E-state index in [1.54, 1.807) is 16.4 Å². The average Bonchev–Trinajstić information content (AvgIpc) is 2.78.